The van der Waals surface area contributed by atoms with Crippen LogP contribution in [0.4, 0.5) is 5.69 Å². The van der Waals surface area contributed by atoms with Gasteiger partial charge in [0, 0.05) is 34.5 Å². The summed E-state index contributed by atoms with van der Waals surface area (Å²) in [6, 6.07) is 13.6. The average Bonchev–Trinajstić information content (AvgIpc) is 3.06. The molecule has 0 saturated carbocycles. The minimum atomic E-state index is -0.170. The van der Waals surface area contributed by atoms with Gasteiger partial charge in [0.05, 0.1) is 6.33 Å². The molecule has 0 saturated heterocycles. The third-order valence-corrected chi connectivity index (χ3v) is 5.39. The van der Waals surface area contributed by atoms with Gasteiger partial charge in [-0.15, -0.1) is 11.8 Å². The van der Waals surface area contributed by atoms with Crippen LogP contribution in [0.3, 0.4) is 0 Å². The predicted octanol–water partition coefficient (Wildman–Crippen LogP) is 3.94. The Labute approximate surface area is 166 Å². The second kappa shape index (κ2) is 7.52. The van der Waals surface area contributed by atoms with E-state index in [1.54, 1.807) is 11.8 Å². The number of nitrogens with one attached hydrogen (secondary N) is 2. The molecule has 0 spiro atoms. The number of carbonyl (C=O) groups excluding carboxylic acids is 1. The maximum absolute atomic E-state index is 12.8. The molecule has 2 N–H and O–H groups in total. The molecular formula is C21H20N4O2S. The zero-order valence-corrected chi connectivity index (χ0v) is 16.5. The predicted molar refractivity (Wildman–Crippen MR) is 114 cm³/mol. The van der Waals surface area contributed by atoms with E-state index in [1.165, 1.54) is 10.9 Å². The van der Waals surface area contributed by atoms with Crippen molar-refractivity contribution in [2.75, 3.05) is 11.6 Å². The summed E-state index contributed by atoms with van der Waals surface area (Å²) in [5.41, 5.74) is 3.71. The van der Waals surface area contributed by atoms with Crippen LogP contribution in [-0.2, 0) is 11.3 Å². The summed E-state index contributed by atoms with van der Waals surface area (Å²) in [6.07, 6.45) is 3.69. The molecule has 0 atom stereocenters. The molecular weight excluding hydrogens is 372 g/mol. The van der Waals surface area contributed by atoms with Crippen LogP contribution >= 0.6 is 11.8 Å². The van der Waals surface area contributed by atoms with Crippen LogP contribution in [0.15, 0.2) is 58.5 Å². The number of thioether (sulfide) groups is 1. The summed E-state index contributed by atoms with van der Waals surface area (Å²) in [6.45, 7) is 2.28. The average molecular weight is 392 g/mol. The molecule has 1 amide bonds. The lowest BCUT2D eigenvalue weighted by Gasteiger charge is -2.08. The van der Waals surface area contributed by atoms with Crippen molar-refractivity contribution >= 4 is 45.3 Å². The second-order valence-electron chi connectivity index (χ2n) is 6.67. The fourth-order valence-corrected chi connectivity index (χ4v) is 3.67. The Morgan fingerprint density at radius 1 is 1.25 bits per heavy atom. The lowest BCUT2D eigenvalue weighted by molar-refractivity contribution is -0.116. The van der Waals surface area contributed by atoms with Crippen molar-refractivity contribution in [1.82, 2.24) is 14.5 Å². The number of hydrogen-bond donors (Lipinski definition) is 2. The van der Waals surface area contributed by atoms with E-state index in [-0.39, 0.29) is 24.4 Å². The van der Waals surface area contributed by atoms with Gasteiger partial charge in [0.15, 0.2) is 0 Å². The summed E-state index contributed by atoms with van der Waals surface area (Å²) < 4.78 is 1.47. The normalized spacial score (nSPS) is 11.2. The lowest BCUT2D eigenvalue weighted by Crippen LogP contribution is -2.23. The Morgan fingerprint density at radius 2 is 2.11 bits per heavy atom. The van der Waals surface area contributed by atoms with E-state index in [4.69, 9.17) is 0 Å². The molecule has 142 valence electrons. The van der Waals surface area contributed by atoms with E-state index >= 15 is 0 Å². The van der Waals surface area contributed by atoms with Crippen LogP contribution in [0.5, 0.6) is 0 Å². The summed E-state index contributed by atoms with van der Waals surface area (Å²) >= 11 is 1.62. The van der Waals surface area contributed by atoms with Gasteiger partial charge in [0.1, 0.15) is 11.0 Å². The van der Waals surface area contributed by atoms with Crippen molar-refractivity contribution in [2.45, 2.75) is 24.8 Å². The minimum absolute atomic E-state index is 0.141. The Kier molecular flexibility index (Phi) is 4.92. The van der Waals surface area contributed by atoms with Crippen LogP contribution in [0.1, 0.15) is 12.0 Å². The molecule has 0 fully saturated rings. The van der Waals surface area contributed by atoms with E-state index in [0.29, 0.717) is 11.0 Å². The van der Waals surface area contributed by atoms with Crippen molar-refractivity contribution < 1.29 is 4.79 Å². The van der Waals surface area contributed by atoms with E-state index in [0.717, 1.165) is 27.0 Å². The fourth-order valence-electron chi connectivity index (χ4n) is 3.21. The first kappa shape index (κ1) is 18.3. The molecule has 0 aliphatic carbocycles. The third kappa shape index (κ3) is 3.53. The molecule has 28 heavy (non-hydrogen) atoms. The van der Waals surface area contributed by atoms with Crippen molar-refractivity contribution in [1.29, 1.82) is 0 Å². The van der Waals surface area contributed by atoms with Gasteiger partial charge >= 0.3 is 0 Å². The van der Waals surface area contributed by atoms with Gasteiger partial charge in [0.25, 0.3) is 5.56 Å². The summed E-state index contributed by atoms with van der Waals surface area (Å²) in [4.78, 5) is 33.8. The zero-order chi connectivity index (χ0) is 19.7. The maximum Gasteiger partial charge on any atom is 0.277 e. The van der Waals surface area contributed by atoms with Gasteiger partial charge in [0.2, 0.25) is 5.91 Å². The molecule has 6 nitrogen and oxygen atoms in total. The van der Waals surface area contributed by atoms with Crippen molar-refractivity contribution in [2.24, 2.45) is 0 Å². The monoisotopic (exact) mass is 392 g/mol. The molecule has 2 heterocycles. The summed E-state index contributed by atoms with van der Waals surface area (Å²) in [5.74, 6) is -0.141. The van der Waals surface area contributed by atoms with Crippen molar-refractivity contribution in [3.05, 3.63) is 64.7 Å². The molecule has 7 heteroatoms. The number of amides is 1. The Morgan fingerprint density at radius 3 is 2.93 bits per heavy atom. The molecule has 4 aromatic rings. The third-order valence-electron chi connectivity index (χ3n) is 4.66. The fraction of sp³-hybridized carbons (Fsp3) is 0.190. The standard InChI is InChI=1S/C21H20N4O2S/c1-13-6-7-17-16(10-13)19-20(24-17)21(27)25(12-22-19)9-8-18(26)23-14-4-3-5-15(11-14)28-2/h3-7,10-12,24H,8-9H2,1-2H3,(H,23,26). The highest BCUT2D eigenvalue weighted by molar-refractivity contribution is 7.98. The molecule has 0 aliphatic heterocycles. The van der Waals surface area contributed by atoms with E-state index in [9.17, 15) is 9.59 Å². The number of aromatic nitrogens is 3. The van der Waals surface area contributed by atoms with Crippen LogP contribution in [0.25, 0.3) is 21.9 Å². The van der Waals surface area contributed by atoms with Gasteiger partial charge in [-0.25, -0.2) is 4.98 Å². The highest BCUT2D eigenvalue weighted by atomic mass is 32.2. The number of rotatable bonds is 5. The molecule has 0 unspecified atom stereocenters. The lowest BCUT2D eigenvalue weighted by atomic mass is 10.2. The smallest absolute Gasteiger partial charge is 0.277 e. The number of fused-ring (bicyclic) bond motifs is 3. The SMILES string of the molecule is CSc1cccc(NC(=O)CCn2cnc3c([nH]c4ccc(C)cc43)c2=O)c1. The minimum Gasteiger partial charge on any atom is -0.349 e. The topological polar surface area (TPSA) is 79.8 Å². The first-order chi connectivity index (χ1) is 13.5. The van der Waals surface area contributed by atoms with Gasteiger partial charge in [-0.1, -0.05) is 17.7 Å². The highest BCUT2D eigenvalue weighted by Crippen LogP contribution is 2.22. The van der Waals surface area contributed by atoms with Crippen molar-refractivity contribution in [3.63, 3.8) is 0 Å². The number of nitrogens with zero attached hydrogens (tertiary/aromatic N) is 2. The highest BCUT2D eigenvalue weighted by Gasteiger charge is 2.12. The second-order valence-corrected chi connectivity index (χ2v) is 7.55. The molecule has 2 aromatic carbocycles. The first-order valence-electron chi connectivity index (χ1n) is 8.96. The number of aromatic amines is 1. The number of benzene rings is 2. The largest absolute Gasteiger partial charge is 0.349 e. The number of carbonyl (C=O) groups is 1. The van der Waals surface area contributed by atoms with E-state index in [1.807, 2.05) is 55.6 Å². The van der Waals surface area contributed by atoms with Gasteiger partial charge in [-0.3, -0.25) is 14.2 Å². The number of anilines is 1. The zero-order valence-electron chi connectivity index (χ0n) is 15.7. The Hall–Kier alpha value is -3.06. The van der Waals surface area contributed by atoms with Gasteiger partial charge in [-0.05, 0) is 43.5 Å². The molecule has 4 rings (SSSR count). The van der Waals surface area contributed by atoms with Crippen LogP contribution in [0, 0.1) is 6.92 Å². The number of hydrogen-bond acceptors (Lipinski definition) is 4. The van der Waals surface area contributed by atoms with Crippen molar-refractivity contribution in [3.8, 4) is 0 Å². The van der Waals surface area contributed by atoms with E-state index in [2.05, 4.69) is 15.3 Å². The molecule has 0 aliphatic rings. The molecule has 0 radical (unpaired) electrons. The Balaban J connectivity index is 1.53. The van der Waals surface area contributed by atoms with Gasteiger partial charge < -0.3 is 10.3 Å². The molecule has 0 bridgehead atoms. The Bertz CT molecular complexity index is 1240. The number of H-pyrrole nitrogens is 1. The molecule has 2 aromatic heterocycles. The van der Waals surface area contributed by atoms with E-state index < -0.39 is 0 Å². The summed E-state index contributed by atoms with van der Waals surface area (Å²) in [5, 5.41) is 3.81. The van der Waals surface area contributed by atoms with Crippen LogP contribution < -0.4 is 10.9 Å². The number of aryl methyl sites for hydroxylation is 2. The van der Waals surface area contributed by atoms with Crippen LogP contribution in [0.2, 0.25) is 0 Å². The first-order valence-corrected chi connectivity index (χ1v) is 10.2. The maximum atomic E-state index is 12.8. The summed E-state index contributed by atoms with van der Waals surface area (Å²) in [7, 11) is 0. The quantitative estimate of drug-likeness (QED) is 0.504. The van der Waals surface area contributed by atoms with Gasteiger partial charge in [-0.2, -0.15) is 0 Å². The van der Waals surface area contributed by atoms with Crippen LogP contribution in [-0.4, -0.2) is 26.7 Å².